The van der Waals surface area contributed by atoms with Crippen molar-refractivity contribution in [3.8, 4) is 0 Å². The molecule has 19 heavy (non-hydrogen) atoms. The predicted molar refractivity (Wildman–Crippen MR) is 79.7 cm³/mol. The minimum Gasteiger partial charge on any atom is -0.340 e. The first-order valence-electron chi connectivity index (χ1n) is 6.49. The summed E-state index contributed by atoms with van der Waals surface area (Å²) in [6, 6.07) is 4.27. The molecule has 1 aromatic heterocycles. The maximum absolute atomic E-state index is 12.2. The molecule has 0 bridgehead atoms. The van der Waals surface area contributed by atoms with Crippen LogP contribution in [0.1, 0.15) is 11.8 Å². The van der Waals surface area contributed by atoms with Crippen LogP contribution >= 0.6 is 22.9 Å². The number of nitrogens with zero attached hydrogens (tertiary/aromatic N) is 2. The van der Waals surface area contributed by atoms with Crippen LogP contribution in [0.2, 0.25) is 4.34 Å². The highest BCUT2D eigenvalue weighted by Crippen LogP contribution is 2.22. The van der Waals surface area contributed by atoms with E-state index in [2.05, 4.69) is 17.1 Å². The van der Waals surface area contributed by atoms with Crippen LogP contribution in [-0.4, -0.2) is 55.0 Å². The van der Waals surface area contributed by atoms with E-state index in [0.717, 1.165) is 28.8 Å². The lowest BCUT2D eigenvalue weighted by atomic mass is 10.2. The summed E-state index contributed by atoms with van der Waals surface area (Å²) in [6.07, 6.45) is 0. The Balaban J connectivity index is 1.85. The Morgan fingerprint density at radius 3 is 3.05 bits per heavy atom. The van der Waals surface area contributed by atoms with Gasteiger partial charge in [-0.05, 0) is 19.1 Å². The topological polar surface area (TPSA) is 35.6 Å². The highest BCUT2D eigenvalue weighted by atomic mass is 35.5. The first-order valence-corrected chi connectivity index (χ1v) is 7.68. The standard InChI is InChI=1S/C13H20ClN3OS/c1-10-7-15-5-6-17(10)9-13(18)16(2)8-11-3-4-12(14)19-11/h3-4,10,15H,5-9H2,1-2H3. The third-order valence-corrected chi connectivity index (χ3v) is 4.64. The van der Waals surface area contributed by atoms with Gasteiger partial charge in [0.25, 0.3) is 0 Å². The van der Waals surface area contributed by atoms with E-state index in [4.69, 9.17) is 11.6 Å². The van der Waals surface area contributed by atoms with Crippen molar-refractivity contribution >= 4 is 28.8 Å². The number of amides is 1. The quantitative estimate of drug-likeness (QED) is 0.918. The molecule has 1 aromatic rings. The van der Waals surface area contributed by atoms with Crippen molar-refractivity contribution in [1.82, 2.24) is 15.1 Å². The summed E-state index contributed by atoms with van der Waals surface area (Å²) in [5, 5.41) is 3.33. The lowest BCUT2D eigenvalue weighted by Crippen LogP contribution is -2.52. The molecule has 106 valence electrons. The zero-order valence-corrected chi connectivity index (χ0v) is 12.9. The third kappa shape index (κ3) is 4.18. The van der Waals surface area contributed by atoms with Gasteiger partial charge in [-0.3, -0.25) is 9.69 Å². The number of hydrogen-bond acceptors (Lipinski definition) is 4. The van der Waals surface area contributed by atoms with Crippen molar-refractivity contribution in [1.29, 1.82) is 0 Å². The molecule has 4 nitrogen and oxygen atoms in total. The lowest BCUT2D eigenvalue weighted by molar-refractivity contribution is -0.132. The van der Waals surface area contributed by atoms with Gasteiger partial charge >= 0.3 is 0 Å². The summed E-state index contributed by atoms with van der Waals surface area (Å²) in [4.78, 5) is 17.3. The Kier molecular flexibility index (Phi) is 5.21. The predicted octanol–water partition coefficient (Wildman–Crippen LogP) is 1.65. The largest absolute Gasteiger partial charge is 0.340 e. The smallest absolute Gasteiger partial charge is 0.236 e. The van der Waals surface area contributed by atoms with Gasteiger partial charge in [0, 0.05) is 37.6 Å². The van der Waals surface area contributed by atoms with Crippen LogP contribution in [0.25, 0.3) is 0 Å². The van der Waals surface area contributed by atoms with Crippen LogP contribution in [0.3, 0.4) is 0 Å². The Morgan fingerprint density at radius 2 is 2.42 bits per heavy atom. The van der Waals surface area contributed by atoms with Gasteiger partial charge in [-0.15, -0.1) is 11.3 Å². The molecular weight excluding hydrogens is 282 g/mol. The van der Waals surface area contributed by atoms with E-state index in [9.17, 15) is 4.79 Å². The van der Waals surface area contributed by atoms with E-state index in [1.807, 2.05) is 19.2 Å². The van der Waals surface area contributed by atoms with Crippen LogP contribution in [-0.2, 0) is 11.3 Å². The maximum atomic E-state index is 12.2. The normalized spacial score (nSPS) is 20.5. The van der Waals surface area contributed by atoms with Crippen molar-refractivity contribution in [3.05, 3.63) is 21.3 Å². The number of carbonyl (C=O) groups is 1. The number of piperazine rings is 1. The summed E-state index contributed by atoms with van der Waals surface area (Å²) in [5.74, 6) is 0.165. The second-order valence-electron chi connectivity index (χ2n) is 4.98. The fourth-order valence-electron chi connectivity index (χ4n) is 2.17. The van der Waals surface area contributed by atoms with E-state index in [1.165, 1.54) is 11.3 Å². The van der Waals surface area contributed by atoms with E-state index in [-0.39, 0.29) is 5.91 Å². The molecule has 1 N–H and O–H groups in total. The summed E-state index contributed by atoms with van der Waals surface area (Å²) in [5.41, 5.74) is 0. The number of carbonyl (C=O) groups excluding carboxylic acids is 1. The molecule has 1 aliphatic rings. The molecule has 0 radical (unpaired) electrons. The molecule has 1 atom stereocenters. The molecule has 1 saturated heterocycles. The van der Waals surface area contributed by atoms with Crippen LogP contribution in [0, 0.1) is 0 Å². The van der Waals surface area contributed by atoms with Gasteiger partial charge in [-0.25, -0.2) is 0 Å². The Morgan fingerprint density at radius 1 is 1.63 bits per heavy atom. The highest BCUT2D eigenvalue weighted by molar-refractivity contribution is 7.16. The third-order valence-electron chi connectivity index (χ3n) is 3.42. The van der Waals surface area contributed by atoms with E-state index in [1.54, 1.807) is 4.90 Å². The van der Waals surface area contributed by atoms with Crippen LogP contribution in [0.15, 0.2) is 12.1 Å². The fraction of sp³-hybridized carbons (Fsp3) is 0.615. The molecule has 0 saturated carbocycles. The molecular formula is C13H20ClN3OS. The van der Waals surface area contributed by atoms with Crippen molar-refractivity contribution in [3.63, 3.8) is 0 Å². The Hall–Kier alpha value is -0.620. The van der Waals surface area contributed by atoms with Crippen molar-refractivity contribution < 1.29 is 4.79 Å². The number of hydrogen-bond donors (Lipinski definition) is 1. The molecule has 1 amide bonds. The van der Waals surface area contributed by atoms with Crippen LogP contribution in [0.4, 0.5) is 0 Å². The second-order valence-corrected chi connectivity index (χ2v) is 6.78. The number of rotatable bonds is 4. The van der Waals surface area contributed by atoms with Gasteiger partial charge in [0.05, 0.1) is 17.4 Å². The molecule has 0 spiro atoms. The lowest BCUT2D eigenvalue weighted by Gasteiger charge is -2.34. The molecule has 0 aromatic carbocycles. The average molecular weight is 302 g/mol. The summed E-state index contributed by atoms with van der Waals surface area (Å²) in [7, 11) is 1.85. The van der Waals surface area contributed by atoms with Crippen molar-refractivity contribution in [2.24, 2.45) is 0 Å². The SMILES string of the molecule is CC1CNCCN1CC(=O)N(C)Cc1ccc(Cl)s1. The monoisotopic (exact) mass is 301 g/mol. The molecule has 0 aliphatic carbocycles. The van der Waals surface area contributed by atoms with Gasteiger partial charge in [0.2, 0.25) is 5.91 Å². The average Bonchev–Trinajstić information content (AvgIpc) is 2.77. The van der Waals surface area contributed by atoms with Gasteiger partial charge in [0.15, 0.2) is 0 Å². The molecule has 1 unspecified atom stereocenters. The Bertz CT molecular complexity index is 437. The summed E-state index contributed by atoms with van der Waals surface area (Å²) in [6.45, 7) is 6.14. The number of halogens is 1. The van der Waals surface area contributed by atoms with Gasteiger partial charge in [-0.2, -0.15) is 0 Å². The van der Waals surface area contributed by atoms with Crippen LogP contribution in [0.5, 0.6) is 0 Å². The van der Waals surface area contributed by atoms with E-state index in [0.29, 0.717) is 19.1 Å². The van der Waals surface area contributed by atoms with Gasteiger partial charge in [0.1, 0.15) is 0 Å². The zero-order valence-electron chi connectivity index (χ0n) is 11.4. The van der Waals surface area contributed by atoms with Gasteiger partial charge in [-0.1, -0.05) is 11.6 Å². The highest BCUT2D eigenvalue weighted by Gasteiger charge is 2.21. The number of likely N-dealkylation sites (N-methyl/N-ethyl adjacent to an activating group) is 1. The second kappa shape index (κ2) is 6.70. The fourth-order valence-corrected chi connectivity index (χ4v) is 3.31. The minimum absolute atomic E-state index is 0.165. The zero-order chi connectivity index (χ0) is 13.8. The van der Waals surface area contributed by atoms with Crippen molar-refractivity contribution in [2.45, 2.75) is 19.5 Å². The molecule has 2 rings (SSSR count). The molecule has 2 heterocycles. The number of nitrogens with one attached hydrogen (secondary N) is 1. The van der Waals surface area contributed by atoms with E-state index >= 15 is 0 Å². The minimum atomic E-state index is 0.165. The number of thiophene rings is 1. The molecule has 1 aliphatic heterocycles. The molecule has 6 heteroatoms. The summed E-state index contributed by atoms with van der Waals surface area (Å²) >= 11 is 7.43. The first kappa shape index (κ1) is 14.8. The first-order chi connectivity index (χ1) is 9.06. The van der Waals surface area contributed by atoms with E-state index < -0.39 is 0 Å². The summed E-state index contributed by atoms with van der Waals surface area (Å²) < 4.78 is 0.770. The van der Waals surface area contributed by atoms with Gasteiger partial charge < -0.3 is 10.2 Å². The maximum Gasteiger partial charge on any atom is 0.236 e. The van der Waals surface area contributed by atoms with Crippen molar-refractivity contribution in [2.75, 3.05) is 33.2 Å². The Labute approximate surface area is 123 Å². The van der Waals surface area contributed by atoms with Crippen LogP contribution < -0.4 is 5.32 Å². The molecule has 1 fully saturated rings.